The summed E-state index contributed by atoms with van der Waals surface area (Å²) in [7, 11) is -16.8. The molecule has 1 fully saturated rings. The van der Waals surface area contributed by atoms with E-state index in [9.17, 15) is 47.1 Å². The number of esters is 1. The van der Waals surface area contributed by atoms with Crippen molar-refractivity contribution in [2.75, 3.05) is 13.2 Å². The number of hydrogen-bond acceptors (Lipinski definition) is 16. The number of nitrogens with one attached hydrogen (secondary N) is 1. The molecule has 3 N–H and O–H groups in total. The number of hydrogen-bond donors (Lipinski definition) is 3. The van der Waals surface area contributed by atoms with Gasteiger partial charge >= 0.3 is 41.3 Å². The summed E-state index contributed by atoms with van der Waals surface area (Å²) >= 11 is 5.76. The first-order valence-electron chi connectivity index (χ1n) is 22.6. The zero-order valence-electron chi connectivity index (χ0n) is 38.0. The highest BCUT2D eigenvalue weighted by molar-refractivity contribution is 7.67. The number of phosphoric ester groups is 2. The molecule has 0 aliphatic carbocycles. The third-order valence-corrected chi connectivity index (χ3v) is 15.2. The first kappa shape index (κ1) is 57.0. The molecule has 20 nitrogen and oxygen atoms in total. The van der Waals surface area contributed by atoms with Crippen LogP contribution in [0.1, 0.15) is 134 Å². The standard InChI is InChI=1S/C43H61ClFN2O18P3/c1-3-5-6-7-8-9-10-11-12-13-14-15-16-17-26-57-43(51)62-35-24-20-33(21-25-35)30-60-68(56,59-29-32-18-22-34(23-19-32)61-40(48)4-2)65-67(54,55)64-66(52,53)58-31-38-37(45)27-39(63-38)47-28-36(44)41(49)46-42(47)50/h18-25,28,37-39H,3-17,26-27,29-31H2,1-2H3,(H,52,53)(H,54,55)(H,46,49,50)/t37-,38+,39+,68?/m0/s1. The van der Waals surface area contributed by atoms with Gasteiger partial charge in [0, 0.05) is 19.0 Å². The number of benzene rings is 2. The second kappa shape index (κ2) is 29.0. The SMILES string of the molecule is CCCCCCCCCCCCCCCCOC(=O)Oc1ccc(COP(=O)(OCc2ccc(OC(=O)CC)cc2)OP(=O)(O)OP(=O)(O)OC[C@H]2O[C@@H](n3cc(Cl)c(=O)[nH]c3=O)C[C@@H]2F)cc1. The van der Waals surface area contributed by atoms with Crippen molar-refractivity contribution in [3.63, 3.8) is 0 Å². The second-order valence-corrected chi connectivity index (χ2v) is 21.1. The lowest BCUT2D eigenvalue weighted by atomic mass is 10.0. The van der Waals surface area contributed by atoms with Crippen LogP contribution in [0.5, 0.6) is 11.5 Å². The van der Waals surface area contributed by atoms with Crippen LogP contribution in [-0.2, 0) is 63.4 Å². The molecule has 2 heterocycles. The van der Waals surface area contributed by atoms with Crippen LogP contribution in [0.4, 0.5) is 9.18 Å². The van der Waals surface area contributed by atoms with Crippen LogP contribution in [0.25, 0.3) is 0 Å². The van der Waals surface area contributed by atoms with Crippen molar-refractivity contribution in [3.8, 4) is 11.5 Å². The Morgan fingerprint density at radius 3 is 1.79 bits per heavy atom. The zero-order valence-corrected chi connectivity index (χ0v) is 41.5. The molecule has 2 aromatic carbocycles. The molecule has 0 bridgehead atoms. The molecule has 1 saturated heterocycles. The molecule has 25 heteroatoms. The molecule has 0 spiro atoms. The molecule has 0 amide bonds. The predicted octanol–water partition coefficient (Wildman–Crippen LogP) is 10.9. The smallest absolute Gasteiger partial charge is 0.434 e. The lowest BCUT2D eigenvalue weighted by Crippen LogP contribution is -2.32. The highest BCUT2D eigenvalue weighted by Gasteiger charge is 2.45. The van der Waals surface area contributed by atoms with Crippen molar-refractivity contribution in [3.05, 3.63) is 91.7 Å². The van der Waals surface area contributed by atoms with Gasteiger partial charge in [0.1, 0.15) is 35.0 Å². The van der Waals surface area contributed by atoms with E-state index in [1.165, 1.54) is 113 Å². The number of ether oxygens (including phenoxy) is 4. The molecule has 3 aromatic rings. The molecule has 1 aliphatic heterocycles. The first-order chi connectivity index (χ1) is 32.4. The van der Waals surface area contributed by atoms with E-state index in [1.54, 1.807) is 6.92 Å². The van der Waals surface area contributed by atoms with E-state index in [0.717, 1.165) is 30.0 Å². The van der Waals surface area contributed by atoms with Crippen molar-refractivity contribution in [1.29, 1.82) is 0 Å². The van der Waals surface area contributed by atoms with Crippen LogP contribution >= 0.6 is 35.1 Å². The molecule has 0 saturated carbocycles. The van der Waals surface area contributed by atoms with E-state index in [-0.39, 0.29) is 35.7 Å². The summed E-state index contributed by atoms with van der Waals surface area (Å²) in [6.45, 7) is 1.72. The Labute approximate surface area is 398 Å². The van der Waals surface area contributed by atoms with Gasteiger partial charge in [0.2, 0.25) is 0 Å². The second-order valence-electron chi connectivity index (χ2n) is 15.8. The Kier molecular flexibility index (Phi) is 24.3. The van der Waals surface area contributed by atoms with Crippen LogP contribution < -0.4 is 20.7 Å². The average molecular weight is 1040 g/mol. The predicted molar refractivity (Wildman–Crippen MR) is 246 cm³/mol. The Balaban J connectivity index is 1.27. The largest absolute Gasteiger partial charge is 0.513 e. The normalized spacial score (nSPS) is 18.6. The molecule has 1 aromatic heterocycles. The van der Waals surface area contributed by atoms with Gasteiger partial charge in [-0.1, -0.05) is 133 Å². The van der Waals surface area contributed by atoms with Gasteiger partial charge in [-0.25, -0.2) is 27.7 Å². The fourth-order valence-corrected chi connectivity index (χ4v) is 10.8. The van der Waals surface area contributed by atoms with Crippen LogP contribution in [0.2, 0.25) is 5.02 Å². The Morgan fingerprint density at radius 1 is 0.750 bits per heavy atom. The molecule has 0 radical (unpaired) electrons. The average Bonchev–Trinajstić information content (AvgIpc) is 3.66. The first-order valence-corrected chi connectivity index (χ1v) is 27.4. The maximum absolute atomic E-state index is 14.9. The molecular weight excluding hydrogens is 980 g/mol. The molecule has 6 atom stereocenters. The van der Waals surface area contributed by atoms with Gasteiger partial charge < -0.3 is 28.7 Å². The van der Waals surface area contributed by atoms with E-state index in [2.05, 4.69) is 11.2 Å². The maximum atomic E-state index is 14.9. The lowest BCUT2D eigenvalue weighted by molar-refractivity contribution is -0.134. The number of phosphoric acid groups is 3. The number of carbonyl (C=O) groups is 2. The quantitative estimate of drug-likeness (QED) is 0.0172. The Morgan fingerprint density at radius 2 is 1.26 bits per heavy atom. The minimum Gasteiger partial charge on any atom is -0.434 e. The van der Waals surface area contributed by atoms with E-state index >= 15 is 0 Å². The van der Waals surface area contributed by atoms with Gasteiger partial charge in [0.15, 0.2) is 0 Å². The highest BCUT2D eigenvalue weighted by Crippen LogP contribution is 2.69. The van der Waals surface area contributed by atoms with Gasteiger partial charge in [-0.05, 0) is 41.8 Å². The van der Waals surface area contributed by atoms with E-state index < -0.39 is 96.6 Å². The molecule has 380 valence electrons. The van der Waals surface area contributed by atoms with Gasteiger partial charge in [-0.15, -0.1) is 0 Å². The van der Waals surface area contributed by atoms with Gasteiger partial charge in [-0.3, -0.25) is 32.7 Å². The number of halogens is 2. The third-order valence-electron chi connectivity index (χ3n) is 10.3. The number of alkyl halides is 1. The maximum Gasteiger partial charge on any atom is 0.513 e. The van der Waals surface area contributed by atoms with Crippen molar-refractivity contribution in [2.24, 2.45) is 0 Å². The van der Waals surface area contributed by atoms with E-state index in [1.807, 2.05) is 4.98 Å². The number of aromatic amines is 1. The molecule has 4 rings (SSSR count). The summed E-state index contributed by atoms with van der Waals surface area (Å²) in [5, 5.41) is -0.403. The Hall–Kier alpha value is -3.55. The lowest BCUT2D eigenvalue weighted by Gasteiger charge is -2.22. The fraction of sp³-hybridized carbons (Fsp3) is 0.581. The number of unbranched alkanes of at least 4 members (excludes halogenated alkanes) is 13. The van der Waals surface area contributed by atoms with Crippen LogP contribution in [0.15, 0.2) is 64.3 Å². The van der Waals surface area contributed by atoms with Crippen molar-refractivity contribution in [2.45, 2.75) is 148 Å². The number of rotatable bonds is 32. The molecule has 68 heavy (non-hydrogen) atoms. The van der Waals surface area contributed by atoms with E-state index in [0.29, 0.717) is 6.42 Å². The molecule has 3 unspecified atom stereocenters. The van der Waals surface area contributed by atoms with Crippen LogP contribution in [0, 0.1) is 0 Å². The summed E-state index contributed by atoms with van der Waals surface area (Å²) in [4.78, 5) is 70.5. The van der Waals surface area contributed by atoms with Crippen molar-refractivity contribution in [1.82, 2.24) is 9.55 Å². The number of aromatic nitrogens is 2. The number of nitrogens with zero attached hydrogens (tertiary/aromatic N) is 1. The zero-order chi connectivity index (χ0) is 49.6. The van der Waals surface area contributed by atoms with Crippen molar-refractivity contribution < 1.29 is 78.6 Å². The monoisotopic (exact) mass is 1040 g/mol. The highest BCUT2D eigenvalue weighted by atomic mass is 35.5. The minimum atomic E-state index is -5.92. The minimum absolute atomic E-state index is 0.0998. The third kappa shape index (κ3) is 21.2. The van der Waals surface area contributed by atoms with Gasteiger partial charge in [0.05, 0.1) is 26.4 Å². The summed E-state index contributed by atoms with van der Waals surface area (Å²) in [6.07, 6.45) is 11.5. The summed E-state index contributed by atoms with van der Waals surface area (Å²) < 4.78 is 101. The van der Waals surface area contributed by atoms with Gasteiger partial charge in [0.25, 0.3) is 5.56 Å². The van der Waals surface area contributed by atoms with Crippen LogP contribution in [-0.4, -0.2) is 57.0 Å². The molecular formula is C43H61ClFN2O18P3. The summed E-state index contributed by atoms with van der Waals surface area (Å²) in [6, 6.07) is 11.2. The summed E-state index contributed by atoms with van der Waals surface area (Å²) in [5.41, 5.74) is -1.34. The fourth-order valence-electron chi connectivity index (χ4n) is 6.63. The number of H-pyrrole nitrogens is 1. The number of carbonyl (C=O) groups excluding carboxylic acids is 2. The van der Waals surface area contributed by atoms with E-state index in [4.69, 9.17) is 48.4 Å². The molecule has 1 aliphatic rings. The topological polar surface area (TPSA) is 264 Å². The Bertz CT molecular complexity index is 2300. The van der Waals surface area contributed by atoms with Crippen molar-refractivity contribution >= 4 is 47.2 Å². The van der Waals surface area contributed by atoms with Crippen LogP contribution in [0.3, 0.4) is 0 Å². The van der Waals surface area contributed by atoms with Gasteiger partial charge in [-0.2, -0.15) is 8.62 Å². The summed E-state index contributed by atoms with van der Waals surface area (Å²) in [5.74, 6) is -0.222.